The highest BCUT2D eigenvalue weighted by Gasteiger charge is 2.18. The van der Waals surface area contributed by atoms with Crippen molar-refractivity contribution >= 4 is 23.5 Å². The highest BCUT2D eigenvalue weighted by Crippen LogP contribution is 2.16. The van der Waals surface area contributed by atoms with Crippen LogP contribution >= 0.6 is 0 Å². The Balaban J connectivity index is 1.77. The number of aromatic nitrogens is 2. The number of ether oxygens (including phenoxy) is 1. The zero-order chi connectivity index (χ0) is 18.2. The number of aryl methyl sites for hydroxylation is 2. The SMILES string of the molecule is Cc1ccc(NC(=O)C(C)OC(=O)CCNc2ncccn2)c(C)c1. The molecule has 1 atom stereocenters. The second kappa shape index (κ2) is 8.77. The molecular weight excluding hydrogens is 320 g/mol. The molecule has 2 aromatic rings. The molecule has 0 spiro atoms. The molecule has 1 amide bonds. The molecule has 1 aromatic heterocycles. The van der Waals surface area contributed by atoms with E-state index in [1.807, 2.05) is 32.0 Å². The molecule has 0 saturated heterocycles. The lowest BCUT2D eigenvalue weighted by Crippen LogP contribution is -2.30. The zero-order valence-electron chi connectivity index (χ0n) is 14.6. The Bertz CT molecular complexity index is 734. The summed E-state index contributed by atoms with van der Waals surface area (Å²) in [7, 11) is 0. The van der Waals surface area contributed by atoms with E-state index in [0.29, 0.717) is 18.2 Å². The van der Waals surface area contributed by atoms with Crippen molar-refractivity contribution in [2.45, 2.75) is 33.3 Å². The Labute approximate surface area is 146 Å². The van der Waals surface area contributed by atoms with E-state index in [9.17, 15) is 9.59 Å². The van der Waals surface area contributed by atoms with Crippen LogP contribution in [0.2, 0.25) is 0 Å². The predicted octanol–water partition coefficient (Wildman–Crippen LogP) is 2.47. The van der Waals surface area contributed by atoms with Crippen LogP contribution in [0.15, 0.2) is 36.7 Å². The molecule has 0 aliphatic rings. The van der Waals surface area contributed by atoms with Gasteiger partial charge in [0.2, 0.25) is 5.95 Å². The number of nitrogens with zero attached hydrogens (tertiary/aromatic N) is 2. The van der Waals surface area contributed by atoms with Crippen LogP contribution in [0.4, 0.5) is 11.6 Å². The summed E-state index contributed by atoms with van der Waals surface area (Å²) in [5, 5.41) is 5.68. The molecular formula is C18H22N4O3. The van der Waals surface area contributed by atoms with E-state index in [4.69, 9.17) is 4.74 Å². The minimum Gasteiger partial charge on any atom is -0.452 e. The van der Waals surface area contributed by atoms with E-state index < -0.39 is 12.1 Å². The van der Waals surface area contributed by atoms with E-state index in [2.05, 4.69) is 20.6 Å². The summed E-state index contributed by atoms with van der Waals surface area (Å²) < 4.78 is 5.15. The molecule has 0 bridgehead atoms. The predicted molar refractivity (Wildman–Crippen MR) is 95.2 cm³/mol. The van der Waals surface area contributed by atoms with Gasteiger partial charge in [-0.2, -0.15) is 0 Å². The Hall–Kier alpha value is -2.96. The van der Waals surface area contributed by atoms with Crippen LogP contribution in [0.1, 0.15) is 24.5 Å². The summed E-state index contributed by atoms with van der Waals surface area (Å²) in [5.74, 6) is -0.387. The fraction of sp³-hybridized carbons (Fsp3) is 0.333. The lowest BCUT2D eigenvalue weighted by Gasteiger charge is -2.15. The number of hydrogen-bond acceptors (Lipinski definition) is 6. The molecule has 132 valence electrons. The first kappa shape index (κ1) is 18.4. The highest BCUT2D eigenvalue weighted by molar-refractivity contribution is 5.95. The third-order valence-electron chi connectivity index (χ3n) is 3.50. The first-order valence-electron chi connectivity index (χ1n) is 8.04. The topological polar surface area (TPSA) is 93.2 Å². The van der Waals surface area contributed by atoms with Gasteiger partial charge in [-0.15, -0.1) is 0 Å². The number of nitrogens with one attached hydrogen (secondary N) is 2. The molecule has 0 aliphatic heterocycles. The van der Waals surface area contributed by atoms with E-state index in [0.717, 1.165) is 11.1 Å². The van der Waals surface area contributed by atoms with Gasteiger partial charge in [-0.1, -0.05) is 17.7 Å². The van der Waals surface area contributed by atoms with Crippen LogP contribution in [0.25, 0.3) is 0 Å². The largest absolute Gasteiger partial charge is 0.452 e. The number of hydrogen-bond donors (Lipinski definition) is 2. The Morgan fingerprint density at radius 3 is 2.60 bits per heavy atom. The van der Waals surface area contributed by atoms with Gasteiger partial charge in [0, 0.05) is 24.6 Å². The number of anilines is 2. The molecule has 1 heterocycles. The van der Waals surface area contributed by atoms with Crippen LogP contribution in [0, 0.1) is 13.8 Å². The van der Waals surface area contributed by atoms with Gasteiger partial charge >= 0.3 is 5.97 Å². The highest BCUT2D eigenvalue weighted by atomic mass is 16.5. The Morgan fingerprint density at radius 2 is 1.92 bits per heavy atom. The molecule has 25 heavy (non-hydrogen) atoms. The number of benzene rings is 1. The smallest absolute Gasteiger partial charge is 0.308 e. The second-order valence-corrected chi connectivity index (χ2v) is 5.69. The van der Waals surface area contributed by atoms with Crippen LogP contribution in [-0.4, -0.2) is 34.5 Å². The normalized spacial score (nSPS) is 11.5. The Morgan fingerprint density at radius 1 is 1.20 bits per heavy atom. The molecule has 1 aromatic carbocycles. The summed E-state index contributed by atoms with van der Waals surface area (Å²) in [6.07, 6.45) is 2.45. The molecule has 1 unspecified atom stereocenters. The van der Waals surface area contributed by atoms with Crippen molar-refractivity contribution in [3.63, 3.8) is 0 Å². The van der Waals surface area contributed by atoms with Gasteiger partial charge in [-0.25, -0.2) is 9.97 Å². The van der Waals surface area contributed by atoms with Crippen molar-refractivity contribution in [2.75, 3.05) is 17.2 Å². The van der Waals surface area contributed by atoms with Gasteiger partial charge in [0.25, 0.3) is 5.91 Å². The van der Waals surface area contributed by atoms with Gasteiger partial charge in [0.1, 0.15) is 0 Å². The van der Waals surface area contributed by atoms with Crippen molar-refractivity contribution in [3.8, 4) is 0 Å². The van der Waals surface area contributed by atoms with Gasteiger partial charge in [0.15, 0.2) is 6.10 Å². The van der Waals surface area contributed by atoms with Crippen LogP contribution in [-0.2, 0) is 14.3 Å². The summed E-state index contributed by atoms with van der Waals surface area (Å²) in [4.78, 5) is 32.0. The average molecular weight is 342 g/mol. The van der Waals surface area contributed by atoms with Crippen molar-refractivity contribution in [2.24, 2.45) is 0 Å². The first-order chi connectivity index (χ1) is 12.0. The number of carbonyl (C=O) groups excluding carboxylic acids is 2. The first-order valence-corrected chi connectivity index (χ1v) is 8.04. The molecule has 7 heteroatoms. The number of rotatable bonds is 7. The van der Waals surface area contributed by atoms with Crippen molar-refractivity contribution < 1.29 is 14.3 Å². The number of amides is 1. The van der Waals surface area contributed by atoms with E-state index >= 15 is 0 Å². The number of esters is 1. The van der Waals surface area contributed by atoms with E-state index in [1.165, 1.54) is 0 Å². The maximum atomic E-state index is 12.2. The lowest BCUT2D eigenvalue weighted by molar-refractivity contribution is -0.152. The molecule has 0 aliphatic carbocycles. The second-order valence-electron chi connectivity index (χ2n) is 5.69. The van der Waals surface area contributed by atoms with Gasteiger partial charge in [-0.05, 0) is 38.5 Å². The minimum atomic E-state index is -0.874. The zero-order valence-corrected chi connectivity index (χ0v) is 14.6. The fourth-order valence-corrected chi connectivity index (χ4v) is 2.16. The van der Waals surface area contributed by atoms with Gasteiger partial charge in [-0.3, -0.25) is 9.59 Å². The summed E-state index contributed by atoms with van der Waals surface area (Å²) >= 11 is 0. The van der Waals surface area contributed by atoms with Crippen molar-refractivity contribution in [3.05, 3.63) is 47.8 Å². The molecule has 0 radical (unpaired) electrons. The molecule has 2 rings (SSSR count). The third kappa shape index (κ3) is 5.87. The lowest BCUT2D eigenvalue weighted by atomic mass is 10.1. The van der Waals surface area contributed by atoms with Crippen LogP contribution < -0.4 is 10.6 Å². The molecule has 7 nitrogen and oxygen atoms in total. The van der Waals surface area contributed by atoms with E-state index in [-0.39, 0.29) is 12.3 Å². The van der Waals surface area contributed by atoms with Crippen molar-refractivity contribution in [1.29, 1.82) is 0 Å². The fourth-order valence-electron chi connectivity index (χ4n) is 2.16. The third-order valence-corrected chi connectivity index (χ3v) is 3.50. The van der Waals surface area contributed by atoms with Gasteiger partial charge < -0.3 is 15.4 Å². The van der Waals surface area contributed by atoms with Crippen LogP contribution in [0.3, 0.4) is 0 Å². The molecule has 0 saturated carbocycles. The molecule has 0 fully saturated rings. The summed E-state index contributed by atoms with van der Waals surface area (Å²) in [6, 6.07) is 7.43. The maximum Gasteiger partial charge on any atom is 0.308 e. The van der Waals surface area contributed by atoms with E-state index in [1.54, 1.807) is 25.4 Å². The maximum absolute atomic E-state index is 12.2. The standard InChI is InChI=1S/C18H22N4O3/c1-12-5-6-15(13(2)11-12)22-17(24)14(3)25-16(23)7-10-21-18-19-8-4-9-20-18/h4-6,8-9,11,14H,7,10H2,1-3H3,(H,22,24)(H,19,20,21). The average Bonchev–Trinajstić information content (AvgIpc) is 2.58. The molecule has 2 N–H and O–H groups in total. The monoisotopic (exact) mass is 342 g/mol. The summed E-state index contributed by atoms with van der Waals surface area (Å²) in [5.41, 5.74) is 2.78. The van der Waals surface area contributed by atoms with Crippen molar-refractivity contribution in [1.82, 2.24) is 9.97 Å². The van der Waals surface area contributed by atoms with Crippen LogP contribution in [0.5, 0.6) is 0 Å². The minimum absolute atomic E-state index is 0.111. The van der Waals surface area contributed by atoms with Gasteiger partial charge in [0.05, 0.1) is 6.42 Å². The quantitative estimate of drug-likeness (QED) is 0.751. The Kier molecular flexibility index (Phi) is 6.45. The summed E-state index contributed by atoms with van der Waals surface area (Å²) in [6.45, 7) is 5.77. The number of carbonyl (C=O) groups is 2.